The maximum absolute atomic E-state index is 11.5. The number of hydrogen-bond donors (Lipinski definition) is 1. The van der Waals surface area contributed by atoms with Crippen LogP contribution in [-0.2, 0) is 11.2 Å². The van der Waals surface area contributed by atoms with Crippen LogP contribution in [0, 0.1) is 0 Å². The maximum Gasteiger partial charge on any atom is 0.311 e. The molecule has 0 spiro atoms. The van der Waals surface area contributed by atoms with Gasteiger partial charge in [-0.05, 0) is 43.4 Å². The Morgan fingerprint density at radius 1 is 1.42 bits per heavy atom. The van der Waals surface area contributed by atoms with Gasteiger partial charge < -0.3 is 14.7 Å². The molecule has 19 heavy (non-hydrogen) atoms. The first-order valence-electron chi connectivity index (χ1n) is 6.90. The molecule has 0 saturated carbocycles. The third-order valence-electron chi connectivity index (χ3n) is 4.13. The van der Waals surface area contributed by atoms with Gasteiger partial charge in [-0.15, -0.1) is 0 Å². The Kier molecular flexibility index (Phi) is 3.09. The molecular weight excluding hydrogens is 242 g/mol. The van der Waals surface area contributed by atoms with E-state index in [-0.39, 0.29) is 0 Å². The van der Waals surface area contributed by atoms with Crippen LogP contribution in [0.3, 0.4) is 0 Å². The minimum atomic E-state index is -0.745. The van der Waals surface area contributed by atoms with Crippen molar-refractivity contribution in [1.82, 2.24) is 0 Å². The second-order valence-corrected chi connectivity index (χ2v) is 5.43. The number of carboxylic acid groups (broad SMARTS) is 1. The molecule has 1 unspecified atom stereocenters. The number of nitrogens with zero attached hydrogens (tertiary/aromatic N) is 1. The Hall–Kier alpha value is -1.71. The summed E-state index contributed by atoms with van der Waals surface area (Å²) in [6.45, 7) is 1.65. The van der Waals surface area contributed by atoms with Crippen molar-refractivity contribution in [2.45, 2.75) is 31.6 Å². The van der Waals surface area contributed by atoms with Gasteiger partial charge in [-0.1, -0.05) is 0 Å². The van der Waals surface area contributed by atoms with E-state index in [9.17, 15) is 9.90 Å². The molecule has 2 heterocycles. The van der Waals surface area contributed by atoms with Crippen LogP contribution in [0.1, 0.15) is 36.3 Å². The van der Waals surface area contributed by atoms with E-state index in [4.69, 9.17) is 4.74 Å². The quantitative estimate of drug-likeness (QED) is 0.843. The van der Waals surface area contributed by atoms with Crippen molar-refractivity contribution >= 4 is 11.7 Å². The van der Waals surface area contributed by atoms with Crippen molar-refractivity contribution in [3.05, 3.63) is 23.3 Å². The maximum atomic E-state index is 11.5. The van der Waals surface area contributed by atoms with Crippen LogP contribution >= 0.6 is 0 Å². The molecule has 0 radical (unpaired) electrons. The summed E-state index contributed by atoms with van der Waals surface area (Å²) in [6.07, 6.45) is 3.65. The number of benzene rings is 1. The third kappa shape index (κ3) is 2.15. The Balaban J connectivity index is 2.10. The average Bonchev–Trinajstić information content (AvgIpc) is 2.59. The van der Waals surface area contributed by atoms with Gasteiger partial charge in [0.15, 0.2) is 0 Å². The molecule has 0 aliphatic carbocycles. The highest BCUT2D eigenvalue weighted by molar-refractivity contribution is 5.79. The second-order valence-electron chi connectivity index (χ2n) is 5.43. The molecule has 0 saturated heterocycles. The van der Waals surface area contributed by atoms with Crippen molar-refractivity contribution in [2.24, 2.45) is 0 Å². The van der Waals surface area contributed by atoms with Crippen LogP contribution in [-0.4, -0.2) is 31.3 Å². The molecule has 0 fully saturated rings. The molecular formula is C15H19NO3. The number of anilines is 1. The van der Waals surface area contributed by atoms with E-state index in [1.165, 1.54) is 11.3 Å². The first kappa shape index (κ1) is 12.3. The first-order chi connectivity index (χ1) is 9.16. The van der Waals surface area contributed by atoms with Crippen LogP contribution < -0.4 is 9.64 Å². The lowest BCUT2D eigenvalue weighted by Gasteiger charge is -2.29. The molecule has 1 aromatic carbocycles. The van der Waals surface area contributed by atoms with E-state index in [0.717, 1.165) is 37.1 Å². The van der Waals surface area contributed by atoms with E-state index in [2.05, 4.69) is 18.0 Å². The zero-order valence-corrected chi connectivity index (χ0v) is 11.2. The monoisotopic (exact) mass is 261 g/mol. The number of rotatable bonds is 1. The molecule has 3 rings (SSSR count). The van der Waals surface area contributed by atoms with Crippen molar-refractivity contribution in [3.8, 4) is 5.75 Å². The molecule has 102 valence electrons. The topological polar surface area (TPSA) is 49.8 Å². The van der Waals surface area contributed by atoms with Gasteiger partial charge in [0.1, 0.15) is 5.75 Å². The first-order valence-corrected chi connectivity index (χ1v) is 6.90. The normalized spacial score (nSPS) is 21.9. The number of ether oxygens (including phenoxy) is 1. The summed E-state index contributed by atoms with van der Waals surface area (Å²) in [7, 11) is 2.07. The molecule has 0 bridgehead atoms. The summed E-state index contributed by atoms with van der Waals surface area (Å²) in [5, 5.41) is 9.41. The fourth-order valence-electron chi connectivity index (χ4n) is 3.09. The fourth-order valence-corrected chi connectivity index (χ4v) is 3.09. The van der Waals surface area contributed by atoms with Crippen LogP contribution in [0.2, 0.25) is 0 Å². The summed E-state index contributed by atoms with van der Waals surface area (Å²) in [5.74, 6) is -0.401. The number of aliphatic carboxylic acids is 1. The zero-order valence-electron chi connectivity index (χ0n) is 11.2. The summed E-state index contributed by atoms with van der Waals surface area (Å²) >= 11 is 0. The van der Waals surface area contributed by atoms with Crippen LogP contribution in [0.25, 0.3) is 0 Å². The van der Waals surface area contributed by atoms with Crippen molar-refractivity contribution in [1.29, 1.82) is 0 Å². The number of fused-ring (bicyclic) bond motifs is 2. The lowest BCUT2D eigenvalue weighted by atomic mass is 9.90. The van der Waals surface area contributed by atoms with Crippen molar-refractivity contribution in [3.63, 3.8) is 0 Å². The molecule has 1 atom stereocenters. The number of aryl methyl sites for hydroxylation is 1. The van der Waals surface area contributed by atoms with Crippen LogP contribution in [0.15, 0.2) is 12.1 Å². The predicted octanol–water partition coefficient (Wildman–Crippen LogP) is 2.41. The SMILES string of the molecule is CN1CCCc2cc3c(cc21)C(C(=O)O)CCCO3. The summed E-state index contributed by atoms with van der Waals surface area (Å²) in [6, 6.07) is 4.09. The molecule has 0 aromatic heterocycles. The molecule has 0 amide bonds. The smallest absolute Gasteiger partial charge is 0.311 e. The number of carboxylic acids is 1. The lowest BCUT2D eigenvalue weighted by Crippen LogP contribution is -2.25. The minimum Gasteiger partial charge on any atom is -0.493 e. The molecule has 1 N–H and O–H groups in total. The molecule has 4 nitrogen and oxygen atoms in total. The van der Waals surface area contributed by atoms with Gasteiger partial charge in [-0.2, -0.15) is 0 Å². The minimum absolute atomic E-state index is 0.432. The zero-order chi connectivity index (χ0) is 13.4. The number of carbonyl (C=O) groups is 1. The molecule has 4 heteroatoms. The summed E-state index contributed by atoms with van der Waals surface area (Å²) < 4.78 is 5.75. The van der Waals surface area contributed by atoms with E-state index >= 15 is 0 Å². The van der Waals surface area contributed by atoms with Crippen molar-refractivity contribution < 1.29 is 14.6 Å². The summed E-state index contributed by atoms with van der Waals surface area (Å²) in [4.78, 5) is 13.7. The van der Waals surface area contributed by atoms with Gasteiger partial charge >= 0.3 is 5.97 Å². The molecule has 2 aliphatic rings. The highest BCUT2D eigenvalue weighted by Gasteiger charge is 2.28. The Bertz CT molecular complexity index is 512. The average molecular weight is 261 g/mol. The van der Waals surface area contributed by atoms with Crippen molar-refractivity contribution in [2.75, 3.05) is 25.1 Å². The van der Waals surface area contributed by atoms with Crippen LogP contribution in [0.4, 0.5) is 5.69 Å². The van der Waals surface area contributed by atoms with Gasteiger partial charge in [0.05, 0.1) is 12.5 Å². The molecule has 1 aromatic rings. The van der Waals surface area contributed by atoms with Gasteiger partial charge in [0.2, 0.25) is 0 Å². The molecule has 2 aliphatic heterocycles. The van der Waals surface area contributed by atoms with E-state index < -0.39 is 11.9 Å². The third-order valence-corrected chi connectivity index (χ3v) is 4.13. The van der Waals surface area contributed by atoms with Gasteiger partial charge in [0.25, 0.3) is 0 Å². The Labute approximate surface area is 113 Å². The van der Waals surface area contributed by atoms with Crippen LogP contribution in [0.5, 0.6) is 5.75 Å². The highest BCUT2D eigenvalue weighted by Crippen LogP contribution is 2.39. The predicted molar refractivity (Wildman–Crippen MR) is 73.1 cm³/mol. The lowest BCUT2D eigenvalue weighted by molar-refractivity contribution is -0.138. The van der Waals surface area contributed by atoms with Gasteiger partial charge in [-0.3, -0.25) is 4.79 Å². The van der Waals surface area contributed by atoms with Gasteiger partial charge in [0, 0.05) is 24.8 Å². The van der Waals surface area contributed by atoms with E-state index in [1.807, 2.05) is 6.07 Å². The van der Waals surface area contributed by atoms with Gasteiger partial charge in [-0.25, -0.2) is 0 Å². The fraction of sp³-hybridized carbons (Fsp3) is 0.533. The van der Waals surface area contributed by atoms with E-state index in [0.29, 0.717) is 13.0 Å². The second kappa shape index (κ2) is 4.76. The van der Waals surface area contributed by atoms with E-state index in [1.54, 1.807) is 0 Å². The standard InChI is InChI=1S/C15H19NO3/c1-16-6-2-4-10-8-14-12(9-13(10)16)11(15(17)18)5-3-7-19-14/h8-9,11H,2-7H2,1H3,(H,17,18). The Morgan fingerprint density at radius 2 is 2.26 bits per heavy atom. The Morgan fingerprint density at radius 3 is 3.05 bits per heavy atom. The largest absolute Gasteiger partial charge is 0.493 e. The number of hydrogen-bond acceptors (Lipinski definition) is 3. The summed E-state index contributed by atoms with van der Waals surface area (Å²) in [5.41, 5.74) is 3.29. The highest BCUT2D eigenvalue weighted by atomic mass is 16.5.